The molecule has 1 atom stereocenters. The minimum absolute atomic E-state index is 0.110. The molecule has 8 heteroatoms. The van der Waals surface area contributed by atoms with E-state index in [1.54, 1.807) is 22.5 Å². The first kappa shape index (κ1) is 18.4. The third kappa shape index (κ3) is 3.26. The maximum absolute atomic E-state index is 13.4. The average Bonchev–Trinajstić information content (AvgIpc) is 3.27. The van der Waals surface area contributed by atoms with Crippen LogP contribution >= 0.6 is 0 Å². The number of fused-ring (bicyclic) bond motifs is 2. The second kappa shape index (κ2) is 7.03. The Morgan fingerprint density at radius 1 is 1.00 bits per heavy atom. The maximum atomic E-state index is 13.4. The smallest absolute Gasteiger partial charge is 0.243 e. The van der Waals surface area contributed by atoms with Crippen LogP contribution in [0.4, 0.5) is 5.69 Å². The molecule has 2 aromatic carbocycles. The summed E-state index contributed by atoms with van der Waals surface area (Å²) >= 11 is 0. The molecule has 0 saturated carbocycles. The molecular formula is C21H22N2O5S. The van der Waals surface area contributed by atoms with Crippen LogP contribution in [0.25, 0.3) is 0 Å². The van der Waals surface area contributed by atoms with Gasteiger partial charge in [0.05, 0.1) is 30.6 Å². The van der Waals surface area contributed by atoms with Crippen LogP contribution in [-0.4, -0.2) is 38.4 Å². The Bertz CT molecular complexity index is 1080. The number of nitrogens with one attached hydrogen (secondary N) is 1. The van der Waals surface area contributed by atoms with Gasteiger partial charge in [-0.25, -0.2) is 8.42 Å². The van der Waals surface area contributed by atoms with Gasteiger partial charge in [-0.2, -0.15) is 4.31 Å². The number of anilines is 1. The van der Waals surface area contributed by atoms with Gasteiger partial charge in [-0.15, -0.1) is 0 Å². The van der Waals surface area contributed by atoms with Gasteiger partial charge >= 0.3 is 0 Å². The van der Waals surface area contributed by atoms with E-state index in [1.165, 1.54) is 0 Å². The lowest BCUT2D eigenvalue weighted by atomic mass is 10.0. The van der Waals surface area contributed by atoms with E-state index in [1.807, 2.05) is 18.2 Å². The lowest BCUT2D eigenvalue weighted by Crippen LogP contribution is -2.30. The Labute approximate surface area is 169 Å². The van der Waals surface area contributed by atoms with Crippen molar-refractivity contribution in [1.29, 1.82) is 0 Å². The first-order valence-electron chi connectivity index (χ1n) is 9.86. The molecule has 1 amide bonds. The molecule has 1 N–H and O–H groups in total. The fraction of sp³-hybridized carbons (Fsp3) is 0.381. The van der Waals surface area contributed by atoms with Crippen LogP contribution in [-0.2, 0) is 21.2 Å². The van der Waals surface area contributed by atoms with Gasteiger partial charge in [0.15, 0.2) is 11.5 Å². The molecule has 152 valence electrons. The van der Waals surface area contributed by atoms with Gasteiger partial charge in [-0.3, -0.25) is 4.79 Å². The fourth-order valence-electron chi connectivity index (χ4n) is 4.25. The van der Waals surface area contributed by atoms with Crippen molar-refractivity contribution in [3.05, 3.63) is 47.5 Å². The summed E-state index contributed by atoms with van der Waals surface area (Å²) < 4.78 is 39.9. The molecule has 3 aliphatic heterocycles. The summed E-state index contributed by atoms with van der Waals surface area (Å²) in [5, 5.41) is 2.74. The highest BCUT2D eigenvalue weighted by Gasteiger charge is 2.37. The van der Waals surface area contributed by atoms with Crippen LogP contribution in [0.3, 0.4) is 0 Å². The van der Waals surface area contributed by atoms with Crippen LogP contribution in [0.2, 0.25) is 0 Å². The van der Waals surface area contributed by atoms with Crippen LogP contribution in [0, 0.1) is 0 Å². The highest BCUT2D eigenvalue weighted by atomic mass is 32.2. The van der Waals surface area contributed by atoms with E-state index in [-0.39, 0.29) is 23.3 Å². The molecule has 0 radical (unpaired) electrons. The van der Waals surface area contributed by atoms with Crippen LogP contribution in [0.15, 0.2) is 41.3 Å². The number of rotatable bonds is 3. The lowest BCUT2D eigenvalue weighted by molar-refractivity contribution is -0.115. The van der Waals surface area contributed by atoms with E-state index in [2.05, 4.69) is 5.32 Å². The minimum atomic E-state index is -3.68. The number of amides is 1. The lowest BCUT2D eigenvalue weighted by Gasteiger charge is -2.25. The third-order valence-electron chi connectivity index (χ3n) is 5.67. The van der Waals surface area contributed by atoms with E-state index in [4.69, 9.17) is 9.47 Å². The predicted octanol–water partition coefficient (Wildman–Crippen LogP) is 2.87. The zero-order valence-electron chi connectivity index (χ0n) is 15.9. The molecule has 1 fully saturated rings. The van der Waals surface area contributed by atoms with Gasteiger partial charge in [-0.1, -0.05) is 6.07 Å². The monoisotopic (exact) mass is 414 g/mol. The van der Waals surface area contributed by atoms with Gasteiger partial charge in [0, 0.05) is 18.7 Å². The number of carbonyl (C=O) groups is 1. The van der Waals surface area contributed by atoms with E-state index in [0.29, 0.717) is 36.9 Å². The van der Waals surface area contributed by atoms with Gasteiger partial charge in [0.1, 0.15) is 0 Å². The average molecular weight is 414 g/mol. The van der Waals surface area contributed by atoms with Crippen LogP contribution < -0.4 is 14.8 Å². The summed E-state index contributed by atoms with van der Waals surface area (Å²) in [6.07, 6.45) is 2.58. The van der Waals surface area contributed by atoms with E-state index in [9.17, 15) is 13.2 Å². The summed E-state index contributed by atoms with van der Waals surface area (Å²) in [4.78, 5) is 11.8. The van der Waals surface area contributed by atoms with Crippen molar-refractivity contribution in [2.24, 2.45) is 0 Å². The number of hydrogen-bond donors (Lipinski definition) is 1. The first-order valence-corrected chi connectivity index (χ1v) is 11.3. The molecular weight excluding hydrogens is 392 g/mol. The van der Waals surface area contributed by atoms with Crippen LogP contribution in [0.1, 0.15) is 36.4 Å². The number of benzene rings is 2. The Morgan fingerprint density at radius 3 is 2.69 bits per heavy atom. The Morgan fingerprint density at radius 2 is 1.83 bits per heavy atom. The summed E-state index contributed by atoms with van der Waals surface area (Å²) in [6, 6.07) is 10.3. The molecule has 1 saturated heterocycles. The normalized spacial score (nSPS) is 21.5. The number of sulfonamides is 1. The molecule has 29 heavy (non-hydrogen) atoms. The standard InChI is InChI=1S/C21H22N2O5S/c24-21-13-15-11-16(5-6-17(15)22-21)29(25,26)23-8-1-3-18(23)14-4-7-19-20(12-14)28-10-2-9-27-19/h4-7,11-12,18H,1-3,8-10,13H2,(H,22,24)/t18-/m0/s1. The predicted molar refractivity (Wildman–Crippen MR) is 107 cm³/mol. The fourth-order valence-corrected chi connectivity index (χ4v) is 5.98. The van der Waals surface area contributed by atoms with Gasteiger partial charge in [0.2, 0.25) is 15.9 Å². The molecule has 7 nitrogen and oxygen atoms in total. The van der Waals surface area contributed by atoms with Gasteiger partial charge in [-0.05, 0) is 54.3 Å². The second-order valence-corrected chi connectivity index (χ2v) is 9.46. The van der Waals surface area contributed by atoms with E-state index in [0.717, 1.165) is 30.4 Å². The highest BCUT2D eigenvalue weighted by Crippen LogP contribution is 2.41. The van der Waals surface area contributed by atoms with Crippen molar-refractivity contribution in [1.82, 2.24) is 4.31 Å². The summed E-state index contributed by atoms with van der Waals surface area (Å²) in [5.74, 6) is 1.27. The van der Waals surface area contributed by atoms with Crippen molar-refractivity contribution in [2.75, 3.05) is 25.1 Å². The topological polar surface area (TPSA) is 84.9 Å². The Hall–Kier alpha value is -2.58. The summed E-state index contributed by atoms with van der Waals surface area (Å²) in [7, 11) is -3.68. The molecule has 0 bridgehead atoms. The third-order valence-corrected chi connectivity index (χ3v) is 7.57. The molecule has 0 unspecified atom stereocenters. The van der Waals surface area contributed by atoms with Crippen molar-refractivity contribution < 1.29 is 22.7 Å². The number of ether oxygens (including phenoxy) is 2. The second-order valence-electron chi connectivity index (χ2n) is 7.57. The molecule has 5 rings (SSSR count). The summed E-state index contributed by atoms with van der Waals surface area (Å²) in [6.45, 7) is 1.67. The van der Waals surface area contributed by atoms with Gasteiger partial charge in [0.25, 0.3) is 0 Å². The summed E-state index contributed by atoms with van der Waals surface area (Å²) in [5.41, 5.74) is 2.32. The number of nitrogens with zero attached hydrogens (tertiary/aromatic N) is 1. The number of hydrogen-bond acceptors (Lipinski definition) is 5. The molecule has 3 aliphatic rings. The molecule has 2 aromatic rings. The van der Waals surface area contributed by atoms with E-state index >= 15 is 0 Å². The Balaban J connectivity index is 1.47. The van der Waals surface area contributed by atoms with Crippen LogP contribution in [0.5, 0.6) is 11.5 Å². The largest absolute Gasteiger partial charge is 0.490 e. The van der Waals surface area contributed by atoms with Crippen molar-refractivity contribution in [3.63, 3.8) is 0 Å². The molecule has 0 spiro atoms. The van der Waals surface area contributed by atoms with Gasteiger partial charge < -0.3 is 14.8 Å². The molecule has 3 heterocycles. The zero-order valence-corrected chi connectivity index (χ0v) is 16.7. The SMILES string of the molecule is O=C1Cc2cc(S(=O)(=O)N3CCC[C@H]3c3ccc4c(c3)OCCCO4)ccc2N1. The highest BCUT2D eigenvalue weighted by molar-refractivity contribution is 7.89. The molecule has 0 aromatic heterocycles. The minimum Gasteiger partial charge on any atom is -0.490 e. The quantitative estimate of drug-likeness (QED) is 0.835. The van der Waals surface area contributed by atoms with Crippen molar-refractivity contribution in [2.45, 2.75) is 36.6 Å². The maximum Gasteiger partial charge on any atom is 0.243 e. The van der Waals surface area contributed by atoms with E-state index < -0.39 is 10.0 Å². The number of carbonyl (C=O) groups excluding carboxylic acids is 1. The Kier molecular flexibility index (Phi) is 4.48. The van der Waals surface area contributed by atoms with Crippen molar-refractivity contribution >= 4 is 21.6 Å². The zero-order chi connectivity index (χ0) is 20.0. The van der Waals surface area contributed by atoms with Crippen molar-refractivity contribution in [3.8, 4) is 11.5 Å². The first-order chi connectivity index (χ1) is 14.0. The molecule has 0 aliphatic carbocycles.